The number of carbonyl (C=O) groups is 1. The molecule has 120 valence electrons. The molecule has 0 spiro atoms. The summed E-state index contributed by atoms with van der Waals surface area (Å²) in [7, 11) is 0. The van der Waals surface area contributed by atoms with Crippen LogP contribution >= 0.6 is 0 Å². The quantitative estimate of drug-likeness (QED) is 0.524. The van der Waals surface area contributed by atoms with Gasteiger partial charge in [0, 0.05) is 0 Å². The van der Waals surface area contributed by atoms with E-state index in [9.17, 15) is 9.90 Å². The maximum Gasteiger partial charge on any atom is 0.307 e. The highest BCUT2D eigenvalue weighted by Crippen LogP contribution is 2.47. The zero-order chi connectivity index (χ0) is 15.8. The molecule has 1 N–H and O–H groups in total. The molecule has 0 aromatic heterocycles. The van der Waals surface area contributed by atoms with E-state index in [2.05, 4.69) is 41.5 Å². The maximum atomic E-state index is 11.8. The summed E-state index contributed by atoms with van der Waals surface area (Å²) in [5.41, 5.74) is -0.0257. The van der Waals surface area contributed by atoms with Crippen molar-refractivity contribution in [3.05, 3.63) is 0 Å². The summed E-state index contributed by atoms with van der Waals surface area (Å²) in [5, 5.41) is 9.75. The normalized spacial score (nSPS) is 16.4. The second-order valence-corrected chi connectivity index (χ2v) is 7.10. The summed E-state index contributed by atoms with van der Waals surface area (Å²) >= 11 is 0. The van der Waals surface area contributed by atoms with Gasteiger partial charge in [0.05, 0.1) is 5.92 Å². The first-order chi connectivity index (χ1) is 9.31. The van der Waals surface area contributed by atoms with Crippen LogP contribution in [0.25, 0.3) is 0 Å². The minimum Gasteiger partial charge on any atom is -0.481 e. The molecule has 0 heterocycles. The molecule has 2 unspecified atom stereocenters. The van der Waals surface area contributed by atoms with Crippen LogP contribution in [-0.2, 0) is 4.79 Å². The molecule has 0 aliphatic carbocycles. The van der Waals surface area contributed by atoms with Crippen LogP contribution in [0.2, 0.25) is 0 Å². The number of hydrogen-bond donors (Lipinski definition) is 1. The van der Waals surface area contributed by atoms with Gasteiger partial charge < -0.3 is 5.11 Å². The average molecular weight is 284 g/mol. The summed E-state index contributed by atoms with van der Waals surface area (Å²) in [6.07, 6.45) is 7.31. The third-order valence-electron chi connectivity index (χ3n) is 4.90. The number of carboxylic acid groups (broad SMARTS) is 1. The summed E-state index contributed by atoms with van der Waals surface area (Å²) < 4.78 is 0. The van der Waals surface area contributed by atoms with E-state index in [1.54, 1.807) is 0 Å². The Kier molecular flexibility index (Phi) is 9.16. The fourth-order valence-electron chi connectivity index (χ4n) is 3.46. The molecule has 2 nitrogen and oxygen atoms in total. The van der Waals surface area contributed by atoms with E-state index in [0.717, 1.165) is 44.9 Å². The molecule has 0 aromatic carbocycles. The standard InChI is InChI=1S/C18H36O2/c1-7-9-12-18(15(5)6,13-11-14(3)4)16(10-8-2)17(19)20/h14-16H,7-13H2,1-6H3,(H,19,20). The highest BCUT2D eigenvalue weighted by molar-refractivity contribution is 5.71. The topological polar surface area (TPSA) is 37.3 Å². The fraction of sp³-hybridized carbons (Fsp3) is 0.944. The van der Waals surface area contributed by atoms with E-state index in [-0.39, 0.29) is 11.3 Å². The smallest absolute Gasteiger partial charge is 0.307 e. The predicted molar refractivity (Wildman–Crippen MR) is 86.9 cm³/mol. The van der Waals surface area contributed by atoms with Gasteiger partial charge >= 0.3 is 5.97 Å². The van der Waals surface area contributed by atoms with Gasteiger partial charge in [0.1, 0.15) is 0 Å². The Balaban J connectivity index is 5.36. The number of unbranched alkanes of at least 4 members (excludes halogenated alkanes) is 1. The molecule has 2 heteroatoms. The number of aliphatic carboxylic acids is 1. The molecule has 0 amide bonds. The molecule has 0 bridgehead atoms. The zero-order valence-electron chi connectivity index (χ0n) is 14.5. The molecule has 0 saturated heterocycles. The van der Waals surface area contributed by atoms with Crippen LogP contribution in [0.1, 0.15) is 86.5 Å². The molecule has 0 rings (SSSR count). The van der Waals surface area contributed by atoms with Crippen LogP contribution in [-0.4, -0.2) is 11.1 Å². The molecule has 0 aliphatic rings. The third-order valence-corrected chi connectivity index (χ3v) is 4.90. The lowest BCUT2D eigenvalue weighted by Crippen LogP contribution is -2.40. The van der Waals surface area contributed by atoms with Crippen molar-refractivity contribution in [2.75, 3.05) is 0 Å². The predicted octanol–water partition coefficient (Wildman–Crippen LogP) is 5.76. The summed E-state index contributed by atoms with van der Waals surface area (Å²) in [5.74, 6) is 0.310. The van der Waals surface area contributed by atoms with Gasteiger partial charge in [-0.3, -0.25) is 4.79 Å². The molecule has 0 saturated carbocycles. The molecule has 0 fully saturated rings. The van der Waals surface area contributed by atoms with Crippen molar-refractivity contribution in [3.8, 4) is 0 Å². The second-order valence-electron chi connectivity index (χ2n) is 7.10. The van der Waals surface area contributed by atoms with Crippen LogP contribution in [0, 0.1) is 23.2 Å². The van der Waals surface area contributed by atoms with E-state index >= 15 is 0 Å². The molecule has 20 heavy (non-hydrogen) atoms. The van der Waals surface area contributed by atoms with E-state index in [1.807, 2.05) is 0 Å². The van der Waals surface area contributed by atoms with Gasteiger partial charge in [-0.15, -0.1) is 0 Å². The summed E-state index contributed by atoms with van der Waals surface area (Å²) in [6, 6.07) is 0. The van der Waals surface area contributed by atoms with Crippen LogP contribution in [0.4, 0.5) is 0 Å². The first-order valence-electron chi connectivity index (χ1n) is 8.54. The Hall–Kier alpha value is -0.530. The van der Waals surface area contributed by atoms with E-state index in [4.69, 9.17) is 0 Å². The van der Waals surface area contributed by atoms with Gasteiger partial charge in [0.15, 0.2) is 0 Å². The molecule has 2 atom stereocenters. The van der Waals surface area contributed by atoms with Crippen LogP contribution in [0.3, 0.4) is 0 Å². The Bertz CT molecular complexity index is 271. The summed E-state index contributed by atoms with van der Waals surface area (Å²) in [4.78, 5) is 11.8. The average Bonchev–Trinajstić information content (AvgIpc) is 2.36. The van der Waals surface area contributed by atoms with Gasteiger partial charge in [-0.05, 0) is 36.5 Å². The van der Waals surface area contributed by atoms with Crippen LogP contribution in [0.15, 0.2) is 0 Å². The van der Waals surface area contributed by atoms with Gasteiger partial charge in [-0.1, -0.05) is 67.2 Å². The van der Waals surface area contributed by atoms with Gasteiger partial charge in [0.25, 0.3) is 0 Å². The lowest BCUT2D eigenvalue weighted by Gasteiger charge is -2.43. The van der Waals surface area contributed by atoms with E-state index < -0.39 is 5.97 Å². The van der Waals surface area contributed by atoms with Crippen molar-refractivity contribution < 1.29 is 9.90 Å². The molecular weight excluding hydrogens is 248 g/mol. The van der Waals surface area contributed by atoms with Crippen LogP contribution < -0.4 is 0 Å². The minimum absolute atomic E-state index is 0.0257. The first kappa shape index (κ1) is 19.5. The van der Waals surface area contributed by atoms with Gasteiger partial charge in [-0.25, -0.2) is 0 Å². The fourth-order valence-corrected chi connectivity index (χ4v) is 3.46. The lowest BCUT2D eigenvalue weighted by molar-refractivity contribution is -0.150. The van der Waals surface area contributed by atoms with E-state index in [0.29, 0.717) is 11.8 Å². The number of hydrogen-bond acceptors (Lipinski definition) is 1. The molecule has 0 aliphatic heterocycles. The second kappa shape index (κ2) is 9.41. The van der Waals surface area contributed by atoms with Crippen molar-refractivity contribution in [1.82, 2.24) is 0 Å². The van der Waals surface area contributed by atoms with Crippen molar-refractivity contribution in [2.45, 2.75) is 86.5 Å². The van der Waals surface area contributed by atoms with Gasteiger partial charge in [0.2, 0.25) is 0 Å². The maximum absolute atomic E-state index is 11.8. The third kappa shape index (κ3) is 5.46. The molecule has 0 radical (unpaired) electrons. The Morgan fingerprint density at radius 2 is 1.60 bits per heavy atom. The number of rotatable bonds is 11. The SMILES string of the molecule is CCCCC(CCC(C)C)(C(C)C)C(CCC)C(=O)O. The monoisotopic (exact) mass is 284 g/mol. The van der Waals surface area contributed by atoms with Gasteiger partial charge in [-0.2, -0.15) is 0 Å². The minimum atomic E-state index is -0.583. The van der Waals surface area contributed by atoms with Crippen molar-refractivity contribution in [2.24, 2.45) is 23.2 Å². The van der Waals surface area contributed by atoms with E-state index in [1.165, 1.54) is 0 Å². The van der Waals surface area contributed by atoms with Crippen molar-refractivity contribution in [1.29, 1.82) is 0 Å². The number of carboxylic acids is 1. The Labute approximate surface area is 126 Å². The largest absolute Gasteiger partial charge is 0.481 e. The summed E-state index contributed by atoms with van der Waals surface area (Å²) in [6.45, 7) is 13.2. The zero-order valence-corrected chi connectivity index (χ0v) is 14.5. The molecule has 0 aromatic rings. The highest BCUT2D eigenvalue weighted by atomic mass is 16.4. The highest BCUT2D eigenvalue weighted by Gasteiger charge is 2.43. The first-order valence-corrected chi connectivity index (χ1v) is 8.54. The lowest BCUT2D eigenvalue weighted by atomic mass is 9.60. The molecular formula is C18H36O2. The van der Waals surface area contributed by atoms with Crippen LogP contribution in [0.5, 0.6) is 0 Å². The van der Waals surface area contributed by atoms with Crippen molar-refractivity contribution in [3.63, 3.8) is 0 Å². The Morgan fingerprint density at radius 1 is 1.00 bits per heavy atom. The Morgan fingerprint density at radius 3 is 1.95 bits per heavy atom. The van der Waals surface area contributed by atoms with Crippen molar-refractivity contribution >= 4 is 5.97 Å².